The summed E-state index contributed by atoms with van der Waals surface area (Å²) in [6, 6.07) is 14.6. The van der Waals surface area contributed by atoms with Crippen molar-refractivity contribution >= 4 is 21.4 Å². The van der Waals surface area contributed by atoms with E-state index in [2.05, 4.69) is 38.0 Å². The van der Waals surface area contributed by atoms with Gasteiger partial charge in [-0.25, -0.2) is 18.2 Å². The predicted molar refractivity (Wildman–Crippen MR) is 109 cm³/mol. The number of rotatable bonds is 6. The number of fused-ring (bicyclic) bond motifs is 1. The quantitative estimate of drug-likeness (QED) is 0.639. The molecular formula is C19H20N4O3S2. The standard InChI is InChI=1S/C19H20N4O3S2/c24-18-7-5-16(21-22-18)17-6-8-19(27-17)28(25,26)20-10-12-23-11-9-14-3-1-2-4-15(14)13-23/h1-8,20H,9-13H2,(H,22,24). The average Bonchev–Trinajstić information content (AvgIpc) is 3.19. The number of aromatic amines is 1. The van der Waals surface area contributed by atoms with E-state index in [0.29, 0.717) is 23.7 Å². The van der Waals surface area contributed by atoms with E-state index in [0.717, 1.165) is 30.8 Å². The lowest BCUT2D eigenvalue weighted by molar-refractivity contribution is 0.258. The first-order valence-corrected chi connectivity index (χ1v) is 11.3. The van der Waals surface area contributed by atoms with Crippen LogP contribution >= 0.6 is 11.3 Å². The molecule has 7 nitrogen and oxygen atoms in total. The fraction of sp³-hybridized carbons (Fsp3) is 0.263. The monoisotopic (exact) mass is 416 g/mol. The smallest absolute Gasteiger partial charge is 0.264 e. The van der Waals surface area contributed by atoms with Gasteiger partial charge in [-0.1, -0.05) is 24.3 Å². The Bertz CT molecular complexity index is 1120. The van der Waals surface area contributed by atoms with Crippen LogP contribution in [0.5, 0.6) is 0 Å². The lowest BCUT2D eigenvalue weighted by atomic mass is 10.0. The third-order valence-electron chi connectivity index (χ3n) is 4.71. The number of hydrogen-bond acceptors (Lipinski definition) is 6. The average molecular weight is 417 g/mol. The minimum Gasteiger partial charge on any atom is -0.297 e. The van der Waals surface area contributed by atoms with Gasteiger partial charge in [0.25, 0.3) is 5.56 Å². The molecule has 1 aromatic carbocycles. The Kier molecular flexibility index (Phi) is 5.40. The summed E-state index contributed by atoms with van der Waals surface area (Å²) in [6.07, 6.45) is 0.989. The first-order chi connectivity index (χ1) is 13.5. The van der Waals surface area contributed by atoms with Gasteiger partial charge in [0.1, 0.15) is 9.90 Å². The molecule has 0 saturated carbocycles. The molecule has 0 saturated heterocycles. The third-order valence-corrected chi connectivity index (χ3v) is 7.77. The Morgan fingerprint density at radius 2 is 1.93 bits per heavy atom. The largest absolute Gasteiger partial charge is 0.297 e. The second kappa shape index (κ2) is 7.96. The van der Waals surface area contributed by atoms with Crippen molar-refractivity contribution in [1.29, 1.82) is 0 Å². The Hall–Kier alpha value is -2.33. The van der Waals surface area contributed by atoms with Crippen LogP contribution in [0.4, 0.5) is 0 Å². The molecule has 146 valence electrons. The highest BCUT2D eigenvalue weighted by Crippen LogP contribution is 2.28. The molecule has 0 amide bonds. The second-order valence-electron chi connectivity index (χ2n) is 6.62. The zero-order valence-corrected chi connectivity index (χ0v) is 16.7. The summed E-state index contributed by atoms with van der Waals surface area (Å²) >= 11 is 1.13. The number of H-pyrrole nitrogens is 1. The fourth-order valence-electron chi connectivity index (χ4n) is 3.24. The molecule has 3 heterocycles. The third kappa shape index (κ3) is 4.22. The number of nitrogens with one attached hydrogen (secondary N) is 2. The van der Waals surface area contributed by atoms with Crippen LogP contribution < -0.4 is 10.3 Å². The van der Waals surface area contributed by atoms with E-state index in [1.807, 2.05) is 6.07 Å². The summed E-state index contributed by atoms with van der Waals surface area (Å²) in [7, 11) is -3.57. The Morgan fingerprint density at radius 1 is 1.11 bits per heavy atom. The van der Waals surface area contributed by atoms with Gasteiger partial charge in [0.2, 0.25) is 10.0 Å². The Morgan fingerprint density at radius 3 is 2.71 bits per heavy atom. The number of nitrogens with zero attached hydrogens (tertiary/aromatic N) is 2. The van der Waals surface area contributed by atoms with Crippen LogP contribution in [0.1, 0.15) is 11.1 Å². The van der Waals surface area contributed by atoms with Gasteiger partial charge >= 0.3 is 0 Å². The minimum atomic E-state index is -3.57. The van der Waals surface area contributed by atoms with Gasteiger partial charge < -0.3 is 0 Å². The molecule has 0 fully saturated rings. The molecule has 28 heavy (non-hydrogen) atoms. The Labute approximate surface area is 167 Å². The van der Waals surface area contributed by atoms with Crippen molar-refractivity contribution in [3.8, 4) is 10.6 Å². The molecular weight excluding hydrogens is 396 g/mol. The van der Waals surface area contributed by atoms with Crippen LogP contribution in [0.25, 0.3) is 10.6 Å². The van der Waals surface area contributed by atoms with Gasteiger partial charge in [0.05, 0.1) is 4.88 Å². The number of aromatic nitrogens is 2. The van der Waals surface area contributed by atoms with Gasteiger partial charge in [-0.3, -0.25) is 9.69 Å². The lowest BCUT2D eigenvalue weighted by Gasteiger charge is -2.28. The molecule has 0 atom stereocenters. The van der Waals surface area contributed by atoms with E-state index in [1.54, 1.807) is 18.2 Å². The summed E-state index contributed by atoms with van der Waals surface area (Å²) in [5, 5.41) is 6.29. The van der Waals surface area contributed by atoms with E-state index in [9.17, 15) is 13.2 Å². The van der Waals surface area contributed by atoms with Crippen molar-refractivity contribution in [2.75, 3.05) is 19.6 Å². The van der Waals surface area contributed by atoms with E-state index in [1.165, 1.54) is 17.2 Å². The van der Waals surface area contributed by atoms with Crippen LogP contribution in [-0.4, -0.2) is 43.1 Å². The maximum absolute atomic E-state index is 12.6. The van der Waals surface area contributed by atoms with Gasteiger partial charge in [-0.2, -0.15) is 5.10 Å². The summed E-state index contributed by atoms with van der Waals surface area (Å²) in [4.78, 5) is 14.1. The summed E-state index contributed by atoms with van der Waals surface area (Å²) in [6.45, 7) is 2.79. The van der Waals surface area contributed by atoms with Crippen molar-refractivity contribution < 1.29 is 8.42 Å². The lowest BCUT2D eigenvalue weighted by Crippen LogP contribution is -2.37. The van der Waals surface area contributed by atoms with Gasteiger partial charge in [-0.15, -0.1) is 11.3 Å². The summed E-state index contributed by atoms with van der Waals surface area (Å²) in [5.74, 6) is 0. The molecule has 2 aromatic heterocycles. The number of hydrogen-bond donors (Lipinski definition) is 2. The molecule has 3 aromatic rings. The van der Waals surface area contributed by atoms with E-state index >= 15 is 0 Å². The molecule has 1 aliphatic heterocycles. The van der Waals surface area contributed by atoms with Gasteiger partial charge in [0.15, 0.2) is 0 Å². The molecule has 0 spiro atoms. The SMILES string of the molecule is O=c1ccc(-c2ccc(S(=O)(=O)NCCN3CCc4ccccc4C3)s2)n[nH]1. The molecule has 4 rings (SSSR count). The zero-order chi connectivity index (χ0) is 19.6. The van der Waals surface area contributed by atoms with E-state index < -0.39 is 10.0 Å². The molecule has 2 N–H and O–H groups in total. The number of sulfonamides is 1. The van der Waals surface area contributed by atoms with Crippen molar-refractivity contribution in [2.45, 2.75) is 17.2 Å². The maximum atomic E-state index is 12.6. The number of benzene rings is 1. The molecule has 9 heteroatoms. The molecule has 0 aliphatic carbocycles. The van der Waals surface area contributed by atoms with Crippen molar-refractivity contribution in [3.63, 3.8) is 0 Å². The van der Waals surface area contributed by atoms with Crippen LogP contribution in [-0.2, 0) is 23.0 Å². The van der Waals surface area contributed by atoms with Crippen LogP contribution in [0.2, 0.25) is 0 Å². The summed E-state index contributed by atoms with van der Waals surface area (Å²) in [5.41, 5.74) is 2.93. The molecule has 0 unspecified atom stereocenters. The fourth-order valence-corrected chi connectivity index (χ4v) is 5.58. The van der Waals surface area contributed by atoms with Crippen LogP contribution in [0.3, 0.4) is 0 Å². The number of thiophene rings is 1. The van der Waals surface area contributed by atoms with Crippen molar-refractivity contribution in [1.82, 2.24) is 19.8 Å². The van der Waals surface area contributed by atoms with E-state index in [4.69, 9.17) is 0 Å². The van der Waals surface area contributed by atoms with Gasteiger partial charge in [0, 0.05) is 32.2 Å². The second-order valence-corrected chi connectivity index (χ2v) is 9.70. The molecule has 0 radical (unpaired) electrons. The van der Waals surface area contributed by atoms with Crippen LogP contribution in [0, 0.1) is 0 Å². The highest BCUT2D eigenvalue weighted by molar-refractivity contribution is 7.91. The first kappa shape index (κ1) is 19.0. The first-order valence-electron chi connectivity index (χ1n) is 8.96. The predicted octanol–water partition coefficient (Wildman–Crippen LogP) is 1.83. The van der Waals surface area contributed by atoms with Crippen molar-refractivity contribution in [2.24, 2.45) is 0 Å². The maximum Gasteiger partial charge on any atom is 0.264 e. The molecule has 1 aliphatic rings. The molecule has 0 bridgehead atoms. The highest BCUT2D eigenvalue weighted by atomic mass is 32.2. The van der Waals surface area contributed by atoms with Crippen molar-refractivity contribution in [3.05, 3.63) is 70.0 Å². The highest BCUT2D eigenvalue weighted by Gasteiger charge is 2.19. The Balaban J connectivity index is 1.36. The van der Waals surface area contributed by atoms with E-state index in [-0.39, 0.29) is 9.77 Å². The minimum absolute atomic E-state index is 0.236. The van der Waals surface area contributed by atoms with Crippen LogP contribution in [0.15, 0.2) is 57.5 Å². The topological polar surface area (TPSA) is 95.2 Å². The summed E-state index contributed by atoms with van der Waals surface area (Å²) < 4.78 is 28.1. The van der Waals surface area contributed by atoms with Gasteiger partial charge in [-0.05, 0) is 35.7 Å². The zero-order valence-electron chi connectivity index (χ0n) is 15.1. The normalized spacial score (nSPS) is 14.7.